The van der Waals surface area contributed by atoms with Gasteiger partial charge in [0.25, 0.3) is 0 Å². The molecule has 3 atom stereocenters. The summed E-state index contributed by atoms with van der Waals surface area (Å²) in [7, 11) is 0. The number of rotatable bonds is 12. The van der Waals surface area contributed by atoms with Gasteiger partial charge >= 0.3 is 5.97 Å². The number of aliphatic carboxylic acids is 1. The fraction of sp³-hybridized carbons (Fsp3) is 0.280. The van der Waals surface area contributed by atoms with E-state index in [1.54, 1.807) is 30.5 Å². The molecule has 0 spiro atoms. The molecule has 0 radical (unpaired) electrons. The summed E-state index contributed by atoms with van der Waals surface area (Å²) >= 11 is 4.18. The van der Waals surface area contributed by atoms with Gasteiger partial charge in [0, 0.05) is 29.3 Å². The Bertz CT molecular complexity index is 1220. The monoisotopic (exact) mass is 511 g/mol. The summed E-state index contributed by atoms with van der Waals surface area (Å²) in [6, 6.07) is 13.6. The molecule has 2 aromatic carbocycles. The maximum atomic E-state index is 13.0. The van der Waals surface area contributed by atoms with Crippen LogP contribution in [0, 0.1) is 0 Å². The molecule has 11 heteroatoms. The summed E-state index contributed by atoms with van der Waals surface area (Å²) in [5.41, 5.74) is 8.69. The number of para-hydroxylation sites is 1. The number of nitrogens with two attached hydrogens (primary N) is 1. The number of nitrogens with one attached hydrogen (secondary N) is 4. The Morgan fingerprint density at radius 3 is 2.25 bits per heavy atom. The number of hydrogen-bond acceptors (Lipinski definition) is 6. The van der Waals surface area contributed by atoms with Gasteiger partial charge in [-0.05, 0) is 23.6 Å². The molecular weight excluding hydrogens is 482 g/mol. The molecule has 7 N–H and O–H groups in total. The number of carbonyl (C=O) groups excluding carboxylic acids is 3. The molecule has 0 aliphatic rings. The Morgan fingerprint density at radius 2 is 1.56 bits per heavy atom. The van der Waals surface area contributed by atoms with Crippen LogP contribution in [-0.2, 0) is 32.0 Å². The van der Waals surface area contributed by atoms with Crippen LogP contribution in [0.1, 0.15) is 11.1 Å². The maximum Gasteiger partial charge on any atom is 0.322 e. The van der Waals surface area contributed by atoms with Crippen LogP contribution in [0.3, 0.4) is 0 Å². The van der Waals surface area contributed by atoms with Gasteiger partial charge < -0.3 is 31.8 Å². The van der Waals surface area contributed by atoms with Crippen molar-refractivity contribution in [1.82, 2.24) is 20.9 Å². The highest BCUT2D eigenvalue weighted by Gasteiger charge is 2.28. The molecule has 3 rings (SSSR count). The lowest BCUT2D eigenvalue weighted by Crippen LogP contribution is -2.57. The van der Waals surface area contributed by atoms with E-state index in [9.17, 15) is 19.2 Å². The number of aromatic nitrogens is 1. The number of carbonyl (C=O) groups is 4. The molecule has 1 heterocycles. The van der Waals surface area contributed by atoms with Crippen molar-refractivity contribution in [3.05, 3.63) is 71.9 Å². The molecule has 0 aliphatic heterocycles. The van der Waals surface area contributed by atoms with Crippen LogP contribution in [0.15, 0.2) is 60.8 Å². The molecule has 3 amide bonds. The van der Waals surface area contributed by atoms with Crippen LogP contribution in [-0.4, -0.2) is 64.2 Å². The largest absolute Gasteiger partial charge is 0.480 e. The smallest absolute Gasteiger partial charge is 0.322 e. The Balaban J connectivity index is 1.64. The van der Waals surface area contributed by atoms with Gasteiger partial charge in [0.1, 0.15) is 18.6 Å². The lowest BCUT2D eigenvalue weighted by Gasteiger charge is -2.23. The van der Waals surface area contributed by atoms with E-state index < -0.39 is 48.4 Å². The van der Waals surface area contributed by atoms with Gasteiger partial charge in [-0.15, -0.1) is 0 Å². The van der Waals surface area contributed by atoms with E-state index in [0.717, 1.165) is 22.0 Å². The van der Waals surface area contributed by atoms with E-state index in [-0.39, 0.29) is 18.6 Å². The highest BCUT2D eigenvalue weighted by Crippen LogP contribution is 2.18. The van der Waals surface area contributed by atoms with Gasteiger partial charge in [0.15, 0.2) is 0 Å². The summed E-state index contributed by atoms with van der Waals surface area (Å²) in [5, 5.41) is 17.3. The van der Waals surface area contributed by atoms with E-state index in [1.165, 1.54) is 0 Å². The number of carboxylic acid groups (broad SMARTS) is 1. The van der Waals surface area contributed by atoms with Gasteiger partial charge in [-0.2, -0.15) is 12.6 Å². The molecule has 0 saturated heterocycles. The van der Waals surface area contributed by atoms with E-state index in [1.807, 2.05) is 30.3 Å². The van der Waals surface area contributed by atoms with E-state index in [2.05, 4.69) is 33.6 Å². The van der Waals surface area contributed by atoms with Crippen molar-refractivity contribution in [2.24, 2.45) is 5.73 Å². The summed E-state index contributed by atoms with van der Waals surface area (Å²) in [6.45, 7) is -0.588. The van der Waals surface area contributed by atoms with E-state index >= 15 is 0 Å². The van der Waals surface area contributed by atoms with Gasteiger partial charge in [0.2, 0.25) is 17.7 Å². The number of carboxylic acids is 1. The van der Waals surface area contributed by atoms with E-state index in [0.29, 0.717) is 0 Å². The fourth-order valence-electron chi connectivity index (χ4n) is 3.72. The summed E-state index contributed by atoms with van der Waals surface area (Å²) in [6.07, 6.45) is 2.18. The zero-order valence-electron chi connectivity index (χ0n) is 19.4. The number of hydrogen-bond donors (Lipinski definition) is 7. The molecule has 10 nitrogen and oxygen atoms in total. The van der Waals surface area contributed by atoms with Crippen molar-refractivity contribution in [1.29, 1.82) is 0 Å². The molecular formula is C25H29N5O5S. The number of aromatic amines is 1. The molecule has 0 bridgehead atoms. The normalized spacial score (nSPS) is 13.4. The number of amides is 3. The second-order valence-corrected chi connectivity index (χ2v) is 8.64. The molecule has 0 aliphatic carbocycles. The molecule has 36 heavy (non-hydrogen) atoms. The van der Waals surface area contributed by atoms with Crippen LogP contribution in [0.4, 0.5) is 0 Å². The zero-order valence-corrected chi connectivity index (χ0v) is 20.3. The first kappa shape index (κ1) is 26.8. The Hall–Kier alpha value is -3.83. The van der Waals surface area contributed by atoms with Gasteiger partial charge in [0.05, 0.1) is 6.04 Å². The molecule has 190 valence electrons. The summed E-state index contributed by atoms with van der Waals surface area (Å²) in [4.78, 5) is 52.3. The minimum absolute atomic E-state index is 0.0355. The summed E-state index contributed by atoms with van der Waals surface area (Å²) < 4.78 is 0. The highest BCUT2D eigenvalue weighted by atomic mass is 32.1. The first-order valence-electron chi connectivity index (χ1n) is 11.3. The second kappa shape index (κ2) is 12.8. The van der Waals surface area contributed by atoms with Gasteiger partial charge in [-0.1, -0.05) is 48.5 Å². The lowest BCUT2D eigenvalue weighted by molar-refractivity contribution is -0.138. The first-order valence-corrected chi connectivity index (χ1v) is 12.0. The molecule has 3 aromatic rings. The average Bonchev–Trinajstić information content (AvgIpc) is 3.28. The third kappa shape index (κ3) is 7.33. The molecule has 0 saturated carbocycles. The average molecular weight is 512 g/mol. The number of H-pyrrole nitrogens is 1. The summed E-state index contributed by atoms with van der Waals surface area (Å²) in [5.74, 6) is -3.08. The van der Waals surface area contributed by atoms with Crippen LogP contribution in [0.5, 0.6) is 0 Å². The van der Waals surface area contributed by atoms with Crippen LogP contribution in [0.25, 0.3) is 10.9 Å². The van der Waals surface area contributed by atoms with Crippen LogP contribution in [0.2, 0.25) is 0 Å². The number of thiol groups is 1. The third-order valence-corrected chi connectivity index (χ3v) is 5.96. The number of benzene rings is 2. The standard InChI is InChI=1S/C25H29N5O5S/c26-18(11-16-12-27-19-9-5-4-8-17(16)19)23(33)30-21(14-36)25(35)29-20(24(34)28-13-22(31)32)10-15-6-2-1-3-7-15/h1-9,12,18,20-21,27,36H,10-11,13-14,26H2,(H,28,34)(H,29,35)(H,30,33)(H,31,32). The van der Waals surface area contributed by atoms with Crippen molar-refractivity contribution in [3.63, 3.8) is 0 Å². The lowest BCUT2D eigenvalue weighted by atomic mass is 10.0. The van der Waals surface area contributed by atoms with Crippen molar-refractivity contribution in [2.45, 2.75) is 31.0 Å². The Labute approximate surface area is 213 Å². The van der Waals surface area contributed by atoms with Crippen molar-refractivity contribution >= 4 is 47.2 Å². The first-order chi connectivity index (χ1) is 17.3. The number of fused-ring (bicyclic) bond motifs is 1. The van der Waals surface area contributed by atoms with Crippen LogP contribution < -0.4 is 21.7 Å². The predicted molar refractivity (Wildman–Crippen MR) is 138 cm³/mol. The van der Waals surface area contributed by atoms with Crippen molar-refractivity contribution < 1.29 is 24.3 Å². The fourth-order valence-corrected chi connectivity index (χ4v) is 3.98. The Morgan fingerprint density at radius 1 is 0.889 bits per heavy atom. The van der Waals surface area contributed by atoms with Gasteiger partial charge in [-0.3, -0.25) is 19.2 Å². The van der Waals surface area contributed by atoms with Crippen LogP contribution >= 0.6 is 12.6 Å². The third-order valence-electron chi connectivity index (χ3n) is 5.60. The molecule has 0 fully saturated rings. The van der Waals surface area contributed by atoms with Gasteiger partial charge in [-0.25, -0.2) is 0 Å². The zero-order chi connectivity index (χ0) is 26.1. The Kier molecular flexibility index (Phi) is 9.48. The molecule has 1 aromatic heterocycles. The molecule has 3 unspecified atom stereocenters. The topological polar surface area (TPSA) is 166 Å². The van der Waals surface area contributed by atoms with Crippen molar-refractivity contribution in [2.75, 3.05) is 12.3 Å². The highest BCUT2D eigenvalue weighted by molar-refractivity contribution is 7.80. The SMILES string of the molecule is NC(Cc1c[nH]c2ccccc12)C(=O)NC(CS)C(=O)NC(Cc1ccccc1)C(=O)NCC(=O)O. The van der Waals surface area contributed by atoms with E-state index in [4.69, 9.17) is 10.8 Å². The maximum absolute atomic E-state index is 13.0. The second-order valence-electron chi connectivity index (χ2n) is 8.28. The predicted octanol–water partition coefficient (Wildman–Crippen LogP) is 0.381. The minimum atomic E-state index is -1.21. The quantitative estimate of drug-likeness (QED) is 0.174. The minimum Gasteiger partial charge on any atom is -0.480 e. The van der Waals surface area contributed by atoms with Crippen molar-refractivity contribution in [3.8, 4) is 0 Å².